The lowest BCUT2D eigenvalue weighted by Gasteiger charge is -2.35. The number of aromatic nitrogens is 1. The Balaban J connectivity index is 1.65. The molecule has 3 heterocycles. The molecule has 0 bridgehead atoms. The average Bonchev–Trinajstić information content (AvgIpc) is 3.51. The molecular formula is C27H24ClF3N2O3. The predicted molar refractivity (Wildman–Crippen MR) is 131 cm³/mol. The number of benzene rings is 2. The van der Waals surface area contributed by atoms with E-state index >= 15 is 0 Å². The van der Waals surface area contributed by atoms with Crippen molar-refractivity contribution in [3.05, 3.63) is 77.2 Å². The van der Waals surface area contributed by atoms with Crippen molar-refractivity contribution in [2.75, 3.05) is 13.7 Å². The monoisotopic (exact) mass is 516 g/mol. The van der Waals surface area contributed by atoms with Gasteiger partial charge in [0.1, 0.15) is 28.7 Å². The number of methoxy groups -OCH3 is 1. The van der Waals surface area contributed by atoms with Crippen LogP contribution in [-0.2, 0) is 17.4 Å². The molecule has 0 saturated heterocycles. The minimum absolute atomic E-state index is 0.0599. The lowest BCUT2D eigenvalue weighted by molar-refractivity contribution is -0.137. The molecule has 5 nitrogen and oxygen atoms in total. The van der Waals surface area contributed by atoms with E-state index in [0.29, 0.717) is 30.9 Å². The van der Waals surface area contributed by atoms with E-state index in [1.807, 2.05) is 25.1 Å². The van der Waals surface area contributed by atoms with Gasteiger partial charge in [-0.25, -0.2) is 0 Å². The van der Waals surface area contributed by atoms with Gasteiger partial charge in [0.05, 0.1) is 18.4 Å². The maximum atomic E-state index is 13.6. The van der Waals surface area contributed by atoms with Gasteiger partial charge in [-0.05, 0) is 54.8 Å². The van der Waals surface area contributed by atoms with Crippen LogP contribution in [0.25, 0.3) is 22.2 Å². The van der Waals surface area contributed by atoms with Crippen LogP contribution in [0.1, 0.15) is 42.0 Å². The van der Waals surface area contributed by atoms with Crippen LogP contribution in [0.4, 0.5) is 13.2 Å². The lowest BCUT2D eigenvalue weighted by Crippen LogP contribution is -2.43. The van der Waals surface area contributed by atoms with Gasteiger partial charge in [-0.2, -0.15) is 13.2 Å². The Morgan fingerprint density at radius 3 is 2.72 bits per heavy atom. The number of carbonyl (C=O) groups is 1. The van der Waals surface area contributed by atoms with E-state index in [9.17, 15) is 18.0 Å². The van der Waals surface area contributed by atoms with Crippen LogP contribution in [0.5, 0.6) is 5.75 Å². The number of furan rings is 1. The summed E-state index contributed by atoms with van der Waals surface area (Å²) >= 11 is 6.35. The molecule has 2 aromatic heterocycles. The molecule has 188 valence electrons. The number of ether oxygens (including phenoxy) is 1. The molecule has 2 aromatic carbocycles. The maximum absolute atomic E-state index is 13.6. The lowest BCUT2D eigenvalue weighted by atomic mass is 9.95. The van der Waals surface area contributed by atoms with Crippen molar-refractivity contribution in [2.45, 2.75) is 37.4 Å². The zero-order valence-corrected chi connectivity index (χ0v) is 20.4. The van der Waals surface area contributed by atoms with Gasteiger partial charge in [-0.1, -0.05) is 25.1 Å². The van der Waals surface area contributed by atoms with Crippen LogP contribution >= 0.6 is 11.6 Å². The molecule has 0 aliphatic carbocycles. The number of hydrogen-bond donors (Lipinski definition) is 1. The Kier molecular flexibility index (Phi) is 6.24. The Labute approximate surface area is 210 Å². The highest BCUT2D eigenvalue weighted by Crippen LogP contribution is 2.43. The van der Waals surface area contributed by atoms with Gasteiger partial charge in [0.2, 0.25) is 5.91 Å². The van der Waals surface area contributed by atoms with Crippen molar-refractivity contribution in [2.24, 2.45) is 0 Å². The average molecular weight is 517 g/mol. The number of fused-ring (bicyclic) bond motifs is 3. The van der Waals surface area contributed by atoms with Gasteiger partial charge in [0.15, 0.2) is 0 Å². The SMILES string of the molecule is CC[C@H](Cl)C(=O)N1CCc2c([nH]c3ccc(OC)cc23)[C@H]1c1ccc(-c2ccccc2C(F)(F)F)o1. The normalized spacial score (nSPS) is 16.7. The van der Waals surface area contributed by atoms with Gasteiger partial charge in [0, 0.05) is 23.0 Å². The number of rotatable bonds is 5. The molecule has 2 atom stereocenters. The molecule has 0 unspecified atom stereocenters. The first-order valence-corrected chi connectivity index (χ1v) is 12.1. The van der Waals surface area contributed by atoms with Gasteiger partial charge in [0.25, 0.3) is 0 Å². The molecule has 1 aliphatic rings. The van der Waals surface area contributed by atoms with E-state index in [1.54, 1.807) is 18.1 Å². The quantitative estimate of drug-likeness (QED) is 0.292. The fraction of sp³-hybridized carbons (Fsp3) is 0.296. The summed E-state index contributed by atoms with van der Waals surface area (Å²) in [5.74, 6) is 0.887. The molecule has 36 heavy (non-hydrogen) atoms. The maximum Gasteiger partial charge on any atom is 0.417 e. The van der Waals surface area contributed by atoms with Crippen molar-refractivity contribution in [3.63, 3.8) is 0 Å². The van der Waals surface area contributed by atoms with Crippen molar-refractivity contribution < 1.29 is 27.1 Å². The topological polar surface area (TPSA) is 58.5 Å². The highest BCUT2D eigenvalue weighted by molar-refractivity contribution is 6.30. The number of amides is 1. The third-order valence-electron chi connectivity index (χ3n) is 6.64. The smallest absolute Gasteiger partial charge is 0.417 e. The molecule has 1 amide bonds. The Bertz CT molecular complexity index is 1430. The van der Waals surface area contributed by atoms with Crippen molar-refractivity contribution in [1.29, 1.82) is 0 Å². The molecule has 4 aromatic rings. The largest absolute Gasteiger partial charge is 0.497 e. The number of alkyl halides is 4. The van der Waals surface area contributed by atoms with Crippen LogP contribution < -0.4 is 4.74 Å². The first kappa shape index (κ1) is 24.3. The fourth-order valence-corrected chi connectivity index (χ4v) is 5.00. The van der Waals surface area contributed by atoms with E-state index in [2.05, 4.69) is 4.98 Å². The Hall–Kier alpha value is -3.39. The summed E-state index contributed by atoms with van der Waals surface area (Å²) in [5, 5.41) is 0.243. The molecule has 0 spiro atoms. The number of aromatic amines is 1. The van der Waals surface area contributed by atoms with E-state index in [1.165, 1.54) is 24.3 Å². The first-order valence-electron chi connectivity index (χ1n) is 11.6. The predicted octanol–water partition coefficient (Wildman–Crippen LogP) is 6.95. The summed E-state index contributed by atoms with van der Waals surface area (Å²) in [6.45, 7) is 2.22. The van der Waals surface area contributed by atoms with Gasteiger partial charge < -0.3 is 19.0 Å². The van der Waals surface area contributed by atoms with Crippen molar-refractivity contribution in [1.82, 2.24) is 9.88 Å². The highest BCUT2D eigenvalue weighted by Gasteiger charge is 2.39. The standard InChI is InChI=1S/C27H24ClF3N2O3/c1-3-20(28)26(34)33-13-12-16-18-14-15(35-2)8-9-21(18)32-24(16)25(33)23-11-10-22(36-23)17-6-4-5-7-19(17)27(29,30)31/h4-11,14,20,25,32H,3,12-13H2,1-2H3/t20-,25+/m0/s1. The molecule has 0 radical (unpaired) electrons. The summed E-state index contributed by atoms with van der Waals surface area (Å²) in [6.07, 6.45) is -3.50. The molecule has 1 N–H and O–H groups in total. The fourth-order valence-electron chi connectivity index (χ4n) is 4.87. The van der Waals surface area contributed by atoms with Gasteiger partial charge in [-0.15, -0.1) is 11.6 Å². The van der Waals surface area contributed by atoms with Gasteiger partial charge >= 0.3 is 6.18 Å². The second kappa shape index (κ2) is 9.24. The van der Waals surface area contributed by atoms with Crippen molar-refractivity contribution >= 4 is 28.4 Å². The number of nitrogens with zero attached hydrogens (tertiary/aromatic N) is 1. The Morgan fingerprint density at radius 2 is 2.00 bits per heavy atom. The molecule has 0 fully saturated rings. The molecular weight excluding hydrogens is 493 g/mol. The summed E-state index contributed by atoms with van der Waals surface area (Å²) in [6, 6.07) is 13.4. The third-order valence-corrected chi connectivity index (χ3v) is 7.13. The Morgan fingerprint density at radius 1 is 1.22 bits per heavy atom. The van der Waals surface area contributed by atoms with Crippen LogP contribution in [0.2, 0.25) is 0 Å². The number of halogens is 4. The van der Waals surface area contributed by atoms with Crippen LogP contribution in [0.3, 0.4) is 0 Å². The van der Waals surface area contributed by atoms with Gasteiger partial charge in [-0.3, -0.25) is 4.79 Å². The van der Waals surface area contributed by atoms with E-state index in [0.717, 1.165) is 28.2 Å². The number of H-pyrrole nitrogens is 1. The number of nitrogens with one attached hydrogen (secondary N) is 1. The van der Waals surface area contributed by atoms with E-state index in [-0.39, 0.29) is 17.2 Å². The van der Waals surface area contributed by atoms with E-state index < -0.39 is 23.2 Å². The minimum atomic E-state index is -4.53. The second-order valence-corrected chi connectivity index (χ2v) is 9.26. The van der Waals surface area contributed by atoms with Crippen molar-refractivity contribution in [3.8, 4) is 17.1 Å². The number of carbonyl (C=O) groups excluding carboxylic acids is 1. The minimum Gasteiger partial charge on any atom is -0.497 e. The molecule has 0 saturated carbocycles. The summed E-state index contributed by atoms with van der Waals surface area (Å²) < 4.78 is 52.4. The molecule has 1 aliphatic heterocycles. The third kappa shape index (κ3) is 4.13. The molecule has 9 heteroatoms. The van der Waals surface area contributed by atoms with Crippen LogP contribution in [0, 0.1) is 0 Å². The summed E-state index contributed by atoms with van der Waals surface area (Å²) in [4.78, 5) is 18.3. The zero-order chi connectivity index (χ0) is 25.6. The molecule has 5 rings (SSSR count). The highest BCUT2D eigenvalue weighted by atomic mass is 35.5. The van der Waals surface area contributed by atoms with Crippen LogP contribution in [0.15, 0.2) is 59.0 Å². The first-order chi connectivity index (χ1) is 17.2. The summed E-state index contributed by atoms with van der Waals surface area (Å²) in [7, 11) is 1.60. The second-order valence-electron chi connectivity index (χ2n) is 8.73. The van der Waals surface area contributed by atoms with E-state index in [4.69, 9.17) is 20.8 Å². The van der Waals surface area contributed by atoms with Crippen LogP contribution in [-0.4, -0.2) is 34.8 Å². The number of hydrogen-bond acceptors (Lipinski definition) is 3. The summed E-state index contributed by atoms with van der Waals surface area (Å²) in [5.41, 5.74) is 1.78. The zero-order valence-electron chi connectivity index (χ0n) is 19.7.